The molecule has 1 amide bonds. The van der Waals surface area contributed by atoms with Gasteiger partial charge in [-0.2, -0.15) is 0 Å². The first kappa shape index (κ1) is 8.20. The van der Waals surface area contributed by atoms with Crippen LogP contribution in [0.15, 0.2) is 0 Å². The Bertz CT molecular complexity index is 214. The second-order valence-electron chi connectivity index (χ2n) is 2.98. The van der Waals surface area contributed by atoms with Crippen molar-refractivity contribution < 1.29 is 14.7 Å². The van der Waals surface area contributed by atoms with Gasteiger partial charge >= 0.3 is 0 Å². The van der Waals surface area contributed by atoms with Crippen LogP contribution in [-0.4, -0.2) is 23.0 Å². The molecular weight excluding hydrogens is 146 g/mol. The molecule has 1 heterocycles. The van der Waals surface area contributed by atoms with Crippen LogP contribution in [0.1, 0.15) is 20.3 Å². The van der Waals surface area contributed by atoms with E-state index in [1.54, 1.807) is 13.8 Å². The summed E-state index contributed by atoms with van der Waals surface area (Å²) in [5.41, 5.74) is -0.920. The number of nitrogens with one attached hydrogen (secondary N) is 1. The number of ketones is 1. The van der Waals surface area contributed by atoms with Crippen molar-refractivity contribution in [3.05, 3.63) is 0 Å². The van der Waals surface area contributed by atoms with Crippen molar-refractivity contribution in [1.82, 2.24) is 5.32 Å². The van der Waals surface area contributed by atoms with E-state index in [2.05, 4.69) is 5.32 Å². The van der Waals surface area contributed by atoms with Crippen molar-refractivity contribution in [3.8, 4) is 0 Å². The molecule has 0 spiro atoms. The van der Waals surface area contributed by atoms with Crippen molar-refractivity contribution in [2.24, 2.45) is 5.41 Å². The fourth-order valence-electron chi connectivity index (χ4n) is 1.09. The van der Waals surface area contributed by atoms with Crippen LogP contribution in [0.5, 0.6) is 0 Å². The highest BCUT2D eigenvalue weighted by Gasteiger charge is 2.49. The lowest BCUT2D eigenvalue weighted by molar-refractivity contribution is -0.139. The molecule has 0 aromatic heterocycles. The van der Waals surface area contributed by atoms with Gasteiger partial charge in [-0.15, -0.1) is 0 Å². The van der Waals surface area contributed by atoms with E-state index >= 15 is 0 Å². The van der Waals surface area contributed by atoms with Gasteiger partial charge < -0.3 is 10.4 Å². The first-order valence-corrected chi connectivity index (χ1v) is 3.55. The topological polar surface area (TPSA) is 66.4 Å². The summed E-state index contributed by atoms with van der Waals surface area (Å²) < 4.78 is 0. The molecule has 1 rings (SSSR count). The zero-order chi connectivity index (χ0) is 8.65. The van der Waals surface area contributed by atoms with Crippen LogP contribution < -0.4 is 5.32 Å². The molecule has 0 bridgehead atoms. The summed E-state index contributed by atoms with van der Waals surface area (Å²) in [6.07, 6.45) is -0.557. The minimum absolute atomic E-state index is 0.464. The van der Waals surface area contributed by atoms with Gasteiger partial charge in [-0.3, -0.25) is 9.59 Å². The first-order valence-electron chi connectivity index (χ1n) is 3.55. The molecule has 0 saturated carbocycles. The predicted molar refractivity (Wildman–Crippen MR) is 37.6 cm³/mol. The molecule has 0 radical (unpaired) electrons. The largest absolute Gasteiger partial charge is 0.373 e. The van der Waals surface area contributed by atoms with Crippen LogP contribution in [0, 0.1) is 5.41 Å². The third kappa shape index (κ3) is 0.939. The van der Waals surface area contributed by atoms with E-state index in [1.165, 1.54) is 0 Å². The maximum absolute atomic E-state index is 11.1. The smallest absolute Gasteiger partial charge is 0.290 e. The van der Waals surface area contributed by atoms with Crippen LogP contribution in [0.3, 0.4) is 0 Å². The van der Waals surface area contributed by atoms with E-state index in [4.69, 9.17) is 0 Å². The second-order valence-corrected chi connectivity index (χ2v) is 2.98. The average molecular weight is 157 g/mol. The fourth-order valence-corrected chi connectivity index (χ4v) is 1.09. The van der Waals surface area contributed by atoms with Crippen LogP contribution >= 0.6 is 0 Å². The number of carbonyl (C=O) groups is 2. The number of Topliss-reactive ketones (excluding diaryl/α,β-unsaturated/α-hetero) is 1. The molecule has 4 heteroatoms. The average Bonchev–Trinajstić information content (AvgIpc) is 2.16. The lowest BCUT2D eigenvalue weighted by Crippen LogP contribution is -2.36. The van der Waals surface area contributed by atoms with Gasteiger partial charge in [0, 0.05) is 0 Å². The third-order valence-electron chi connectivity index (χ3n) is 2.33. The Labute approximate surface area is 64.6 Å². The van der Waals surface area contributed by atoms with E-state index in [0.717, 1.165) is 0 Å². The molecular formula is C7H11NO3. The monoisotopic (exact) mass is 157 g/mol. The third-order valence-corrected chi connectivity index (χ3v) is 2.33. The summed E-state index contributed by atoms with van der Waals surface area (Å²) >= 11 is 0. The highest BCUT2D eigenvalue weighted by molar-refractivity contribution is 6.40. The Kier molecular flexibility index (Phi) is 1.72. The molecule has 2 unspecified atom stereocenters. The minimum Gasteiger partial charge on any atom is -0.373 e. The van der Waals surface area contributed by atoms with E-state index in [-0.39, 0.29) is 0 Å². The number of aliphatic hydroxyl groups is 1. The van der Waals surface area contributed by atoms with E-state index in [0.29, 0.717) is 6.42 Å². The van der Waals surface area contributed by atoms with Crippen molar-refractivity contribution in [1.29, 1.82) is 0 Å². The Morgan fingerprint density at radius 1 is 1.64 bits per heavy atom. The minimum atomic E-state index is -1.02. The molecule has 1 fully saturated rings. The lowest BCUT2D eigenvalue weighted by atomic mass is 9.84. The van der Waals surface area contributed by atoms with Gasteiger partial charge in [0.05, 0.1) is 5.41 Å². The number of aliphatic hydroxyl groups excluding tert-OH is 1. The Hall–Kier alpha value is -0.900. The van der Waals surface area contributed by atoms with Gasteiger partial charge in [-0.1, -0.05) is 6.92 Å². The summed E-state index contributed by atoms with van der Waals surface area (Å²) in [4.78, 5) is 21.8. The van der Waals surface area contributed by atoms with E-state index < -0.39 is 23.3 Å². The number of rotatable bonds is 1. The number of carbonyl (C=O) groups excluding carboxylic acids is 2. The molecule has 0 aliphatic carbocycles. The predicted octanol–water partition coefficient (Wildman–Crippen LogP) is -0.580. The zero-order valence-electron chi connectivity index (χ0n) is 6.55. The normalized spacial score (nSPS) is 37.5. The molecule has 0 aromatic rings. The summed E-state index contributed by atoms with van der Waals surface area (Å²) in [7, 11) is 0. The molecule has 11 heavy (non-hydrogen) atoms. The van der Waals surface area contributed by atoms with E-state index in [1.807, 2.05) is 0 Å². The Morgan fingerprint density at radius 2 is 2.18 bits per heavy atom. The molecule has 2 N–H and O–H groups in total. The molecule has 2 atom stereocenters. The zero-order valence-corrected chi connectivity index (χ0v) is 6.55. The highest BCUT2D eigenvalue weighted by Crippen LogP contribution is 2.29. The summed E-state index contributed by atoms with van der Waals surface area (Å²) in [5.74, 6) is -1.20. The first-order chi connectivity index (χ1) is 5.02. The molecule has 0 aromatic carbocycles. The van der Waals surface area contributed by atoms with Gasteiger partial charge in [0.15, 0.2) is 0 Å². The van der Waals surface area contributed by atoms with Crippen LogP contribution in [-0.2, 0) is 9.59 Å². The van der Waals surface area contributed by atoms with E-state index in [9.17, 15) is 14.7 Å². The fraction of sp³-hybridized carbons (Fsp3) is 0.714. The van der Waals surface area contributed by atoms with Crippen molar-refractivity contribution in [2.45, 2.75) is 26.5 Å². The Balaban J connectivity index is 2.96. The summed E-state index contributed by atoms with van der Waals surface area (Å²) in [6.45, 7) is 3.35. The lowest BCUT2D eigenvalue weighted by Gasteiger charge is -2.21. The number of hydrogen-bond donors (Lipinski definition) is 2. The SMILES string of the molecule is CCC1(C)C(=O)C(=O)NC1O. The molecule has 1 aliphatic heterocycles. The number of amides is 1. The maximum atomic E-state index is 11.1. The quantitative estimate of drug-likeness (QED) is 0.500. The highest BCUT2D eigenvalue weighted by atomic mass is 16.3. The maximum Gasteiger partial charge on any atom is 0.290 e. The summed E-state index contributed by atoms with van der Waals surface area (Å²) in [5, 5.41) is 11.4. The van der Waals surface area contributed by atoms with Crippen LogP contribution in [0.4, 0.5) is 0 Å². The van der Waals surface area contributed by atoms with Gasteiger partial charge in [0.1, 0.15) is 6.23 Å². The van der Waals surface area contributed by atoms with Gasteiger partial charge in [-0.05, 0) is 13.3 Å². The standard InChI is InChI=1S/C7H11NO3/c1-3-7(2)4(9)5(10)8-6(7)11/h6,11H,3H2,1-2H3,(H,8,10). The van der Waals surface area contributed by atoms with Crippen LogP contribution in [0.2, 0.25) is 0 Å². The molecule has 1 aliphatic rings. The number of hydrogen-bond acceptors (Lipinski definition) is 3. The molecule has 1 saturated heterocycles. The van der Waals surface area contributed by atoms with Crippen molar-refractivity contribution >= 4 is 11.7 Å². The summed E-state index contributed by atoms with van der Waals surface area (Å²) in [6, 6.07) is 0. The van der Waals surface area contributed by atoms with Crippen molar-refractivity contribution in [2.75, 3.05) is 0 Å². The second kappa shape index (κ2) is 2.30. The van der Waals surface area contributed by atoms with Gasteiger partial charge in [0.2, 0.25) is 5.78 Å². The van der Waals surface area contributed by atoms with Gasteiger partial charge in [0.25, 0.3) is 5.91 Å². The van der Waals surface area contributed by atoms with Crippen molar-refractivity contribution in [3.63, 3.8) is 0 Å². The molecule has 62 valence electrons. The van der Waals surface area contributed by atoms with Gasteiger partial charge in [-0.25, -0.2) is 0 Å². The van der Waals surface area contributed by atoms with Crippen LogP contribution in [0.25, 0.3) is 0 Å². The Morgan fingerprint density at radius 3 is 2.36 bits per heavy atom. The molecule has 4 nitrogen and oxygen atoms in total.